The van der Waals surface area contributed by atoms with Gasteiger partial charge in [0, 0.05) is 11.8 Å². The Bertz CT molecular complexity index is 526. The Morgan fingerprint density at radius 3 is 2.35 bits per heavy atom. The quantitative estimate of drug-likeness (QED) is 0.733. The van der Waals surface area contributed by atoms with E-state index in [-0.39, 0.29) is 0 Å². The van der Waals surface area contributed by atoms with Crippen molar-refractivity contribution in [3.05, 3.63) is 22.5 Å². The Labute approximate surface area is 102 Å². The van der Waals surface area contributed by atoms with E-state index in [0.717, 1.165) is 17.8 Å². The van der Waals surface area contributed by atoms with Gasteiger partial charge >= 0.3 is 0 Å². The van der Waals surface area contributed by atoms with Crippen LogP contribution in [0.15, 0.2) is 0 Å². The highest BCUT2D eigenvalue weighted by Gasteiger charge is 2.65. The fourth-order valence-corrected chi connectivity index (χ4v) is 4.84. The highest BCUT2D eigenvalue weighted by atomic mass is 15.1. The molecule has 1 aromatic rings. The van der Waals surface area contributed by atoms with Crippen molar-refractivity contribution in [2.45, 2.75) is 63.2 Å². The molecule has 3 saturated carbocycles. The summed E-state index contributed by atoms with van der Waals surface area (Å²) in [5.74, 6) is 2.39. The Morgan fingerprint density at radius 2 is 1.65 bits per heavy atom. The third-order valence-electron chi connectivity index (χ3n) is 5.93. The van der Waals surface area contributed by atoms with Gasteiger partial charge in [-0.05, 0) is 67.9 Å². The molecule has 5 rings (SSSR count). The van der Waals surface area contributed by atoms with Crippen LogP contribution in [0.1, 0.15) is 78.8 Å². The van der Waals surface area contributed by atoms with Gasteiger partial charge in [0.2, 0.25) is 0 Å². The standard InChI is InChI=1S/C15H18N2/c1-8-12-10-4-5-11(15(10)6-7-15)14(12)17-16-13(8)9-2-3-9/h9-11H,2-7H2,1H3/t10-,11+/m1/s1. The molecule has 2 bridgehead atoms. The SMILES string of the molecule is Cc1c(C2CC2)nnc2c1[C@H]1CC[C@@H]2C12CC2. The van der Waals surface area contributed by atoms with Crippen molar-refractivity contribution in [2.24, 2.45) is 5.41 Å². The molecule has 1 spiro atoms. The van der Waals surface area contributed by atoms with Crippen LogP contribution in [0.5, 0.6) is 0 Å². The summed E-state index contributed by atoms with van der Waals surface area (Å²) in [6.07, 6.45) is 8.40. The number of hydrogen-bond acceptors (Lipinski definition) is 2. The first kappa shape index (κ1) is 9.07. The first-order valence-corrected chi connectivity index (χ1v) is 7.18. The van der Waals surface area contributed by atoms with Crippen molar-refractivity contribution in [3.63, 3.8) is 0 Å². The molecule has 4 aliphatic rings. The molecule has 0 aromatic carbocycles. The van der Waals surface area contributed by atoms with E-state index in [9.17, 15) is 0 Å². The van der Waals surface area contributed by atoms with Gasteiger partial charge in [-0.15, -0.1) is 0 Å². The van der Waals surface area contributed by atoms with Crippen molar-refractivity contribution in [2.75, 3.05) is 0 Å². The lowest BCUT2D eigenvalue weighted by atomic mass is 9.89. The molecule has 0 saturated heterocycles. The van der Waals surface area contributed by atoms with Gasteiger partial charge in [0.15, 0.2) is 0 Å². The van der Waals surface area contributed by atoms with Crippen molar-refractivity contribution in [3.8, 4) is 0 Å². The number of fused-ring (bicyclic) bond motifs is 3. The van der Waals surface area contributed by atoms with Crippen molar-refractivity contribution in [1.29, 1.82) is 0 Å². The van der Waals surface area contributed by atoms with Gasteiger partial charge in [-0.3, -0.25) is 0 Å². The van der Waals surface area contributed by atoms with Crippen LogP contribution in [-0.4, -0.2) is 10.2 Å². The number of rotatable bonds is 1. The molecule has 0 amide bonds. The first-order chi connectivity index (χ1) is 8.31. The van der Waals surface area contributed by atoms with E-state index in [1.165, 1.54) is 55.5 Å². The summed E-state index contributed by atoms with van der Waals surface area (Å²) >= 11 is 0. The largest absolute Gasteiger partial charge is 0.155 e. The second kappa shape index (κ2) is 2.57. The highest BCUT2D eigenvalue weighted by molar-refractivity contribution is 5.49. The van der Waals surface area contributed by atoms with E-state index in [4.69, 9.17) is 0 Å². The Kier molecular flexibility index (Phi) is 1.37. The predicted molar refractivity (Wildman–Crippen MR) is 65.1 cm³/mol. The molecular weight excluding hydrogens is 208 g/mol. The normalized spacial score (nSPS) is 35.4. The molecule has 1 heterocycles. The van der Waals surface area contributed by atoms with E-state index in [1.807, 2.05) is 0 Å². The average molecular weight is 226 g/mol. The van der Waals surface area contributed by atoms with Gasteiger partial charge in [0.25, 0.3) is 0 Å². The molecule has 88 valence electrons. The Hall–Kier alpha value is -0.920. The summed E-state index contributed by atoms with van der Waals surface area (Å²) in [5.41, 5.74) is 6.59. The Morgan fingerprint density at radius 1 is 0.941 bits per heavy atom. The summed E-state index contributed by atoms with van der Waals surface area (Å²) in [4.78, 5) is 0. The maximum absolute atomic E-state index is 4.65. The van der Waals surface area contributed by atoms with E-state index >= 15 is 0 Å². The van der Waals surface area contributed by atoms with Gasteiger partial charge in [-0.2, -0.15) is 10.2 Å². The lowest BCUT2D eigenvalue weighted by Gasteiger charge is -2.17. The summed E-state index contributed by atoms with van der Waals surface area (Å²) < 4.78 is 0. The second-order valence-electron chi connectivity index (χ2n) is 6.70. The van der Waals surface area contributed by atoms with E-state index in [1.54, 1.807) is 5.56 Å². The van der Waals surface area contributed by atoms with Gasteiger partial charge in [0.05, 0.1) is 11.4 Å². The zero-order valence-corrected chi connectivity index (χ0v) is 10.4. The molecular formula is C15H18N2. The maximum atomic E-state index is 4.65. The van der Waals surface area contributed by atoms with Gasteiger partial charge in [0.1, 0.15) is 0 Å². The predicted octanol–water partition coefficient (Wildman–Crippen LogP) is 3.42. The maximum Gasteiger partial charge on any atom is 0.0705 e. The lowest BCUT2D eigenvalue weighted by molar-refractivity contribution is 0.456. The Balaban J connectivity index is 1.74. The van der Waals surface area contributed by atoms with Crippen molar-refractivity contribution >= 4 is 0 Å². The van der Waals surface area contributed by atoms with E-state index in [2.05, 4.69) is 17.1 Å². The summed E-state index contributed by atoms with van der Waals surface area (Å²) in [6, 6.07) is 0. The summed E-state index contributed by atoms with van der Waals surface area (Å²) in [5, 5.41) is 9.22. The van der Waals surface area contributed by atoms with Crippen molar-refractivity contribution in [1.82, 2.24) is 10.2 Å². The average Bonchev–Trinajstić information content (AvgIpc) is 3.20. The summed E-state index contributed by atoms with van der Waals surface area (Å²) in [7, 11) is 0. The fourth-order valence-electron chi connectivity index (χ4n) is 4.84. The van der Waals surface area contributed by atoms with E-state index < -0.39 is 0 Å². The minimum atomic E-state index is 0.671. The monoisotopic (exact) mass is 226 g/mol. The van der Waals surface area contributed by atoms with Crippen LogP contribution in [0.2, 0.25) is 0 Å². The van der Waals surface area contributed by atoms with Crippen LogP contribution in [0.4, 0.5) is 0 Å². The van der Waals surface area contributed by atoms with Gasteiger partial charge in [-0.25, -0.2) is 0 Å². The topological polar surface area (TPSA) is 25.8 Å². The zero-order valence-electron chi connectivity index (χ0n) is 10.4. The lowest BCUT2D eigenvalue weighted by Crippen LogP contribution is -2.08. The van der Waals surface area contributed by atoms with Crippen LogP contribution in [-0.2, 0) is 0 Å². The zero-order chi connectivity index (χ0) is 11.2. The second-order valence-corrected chi connectivity index (χ2v) is 6.70. The van der Waals surface area contributed by atoms with Crippen LogP contribution in [0.25, 0.3) is 0 Å². The molecule has 0 aliphatic heterocycles. The first-order valence-electron chi connectivity index (χ1n) is 7.18. The summed E-state index contributed by atoms with van der Waals surface area (Å²) in [6.45, 7) is 2.32. The minimum Gasteiger partial charge on any atom is -0.155 e. The molecule has 0 radical (unpaired) electrons. The molecule has 0 unspecified atom stereocenters. The molecule has 3 fully saturated rings. The van der Waals surface area contributed by atoms with E-state index in [0.29, 0.717) is 5.41 Å². The molecule has 2 nitrogen and oxygen atoms in total. The molecule has 1 aromatic heterocycles. The van der Waals surface area contributed by atoms with Crippen LogP contribution in [0.3, 0.4) is 0 Å². The van der Waals surface area contributed by atoms with Crippen LogP contribution in [0, 0.1) is 12.3 Å². The minimum absolute atomic E-state index is 0.671. The molecule has 2 heteroatoms. The highest BCUT2D eigenvalue weighted by Crippen LogP contribution is 2.76. The molecule has 2 atom stereocenters. The molecule has 4 aliphatic carbocycles. The van der Waals surface area contributed by atoms with Gasteiger partial charge < -0.3 is 0 Å². The molecule has 0 N–H and O–H groups in total. The van der Waals surface area contributed by atoms with Gasteiger partial charge in [-0.1, -0.05) is 0 Å². The fraction of sp³-hybridized carbons (Fsp3) is 0.733. The number of nitrogens with zero attached hydrogens (tertiary/aromatic N) is 2. The van der Waals surface area contributed by atoms with Crippen LogP contribution >= 0.6 is 0 Å². The van der Waals surface area contributed by atoms with Crippen molar-refractivity contribution < 1.29 is 0 Å². The smallest absolute Gasteiger partial charge is 0.0705 e. The molecule has 17 heavy (non-hydrogen) atoms. The number of aromatic nitrogens is 2. The third-order valence-corrected chi connectivity index (χ3v) is 5.93. The van der Waals surface area contributed by atoms with Crippen LogP contribution < -0.4 is 0 Å². The number of hydrogen-bond donors (Lipinski definition) is 0. The third kappa shape index (κ3) is 0.916.